The smallest absolute Gasteiger partial charge is 0.332 e. The third-order valence-electron chi connectivity index (χ3n) is 6.12. The van der Waals surface area contributed by atoms with E-state index in [1.807, 2.05) is 43.3 Å². The lowest BCUT2D eigenvalue weighted by atomic mass is 9.95. The van der Waals surface area contributed by atoms with Gasteiger partial charge in [-0.2, -0.15) is 0 Å². The number of halogens is 1. The fourth-order valence-electron chi connectivity index (χ4n) is 4.16. The molecule has 1 aliphatic carbocycles. The van der Waals surface area contributed by atoms with E-state index in [-0.39, 0.29) is 12.3 Å². The molecule has 1 aromatic heterocycles. The second-order valence-corrected chi connectivity index (χ2v) is 11.6. The number of nitrogens with zero attached hydrogens (tertiary/aromatic N) is 2. The van der Waals surface area contributed by atoms with Gasteiger partial charge in [-0.15, -0.1) is 0 Å². The highest BCUT2D eigenvalue weighted by atomic mass is 79.9. The molecule has 8 heteroatoms. The molecule has 3 aromatic rings. The molecule has 4 rings (SSSR count). The molecule has 1 saturated carbocycles. The van der Waals surface area contributed by atoms with E-state index in [0.29, 0.717) is 18.3 Å². The van der Waals surface area contributed by atoms with Crippen molar-refractivity contribution in [1.29, 1.82) is 0 Å². The Morgan fingerprint density at radius 3 is 2.58 bits per heavy atom. The predicted molar refractivity (Wildman–Crippen MR) is 138 cm³/mol. The van der Waals surface area contributed by atoms with E-state index in [1.165, 1.54) is 19.3 Å². The molecule has 33 heavy (non-hydrogen) atoms. The first-order valence-electron chi connectivity index (χ1n) is 11.7. The van der Waals surface area contributed by atoms with Gasteiger partial charge in [-0.05, 0) is 49.9 Å². The Morgan fingerprint density at radius 2 is 1.88 bits per heavy atom. The van der Waals surface area contributed by atoms with Crippen LogP contribution in [0.3, 0.4) is 0 Å². The number of hydrogen-bond donors (Lipinski definition) is 2. The first-order chi connectivity index (χ1) is 15.8. The van der Waals surface area contributed by atoms with Crippen LogP contribution in [0.25, 0.3) is 22.3 Å². The Labute approximate surface area is 203 Å². The molecule has 2 N–H and O–H groups in total. The largest absolute Gasteiger partial charge is 0.367 e. The Morgan fingerprint density at radius 1 is 1.15 bits per heavy atom. The van der Waals surface area contributed by atoms with Gasteiger partial charge in [0.15, 0.2) is 5.82 Å². The number of hydrogen-bond acceptors (Lipinski definition) is 5. The van der Waals surface area contributed by atoms with Gasteiger partial charge in [-0.25, -0.2) is 9.97 Å². The maximum atomic E-state index is 12.4. The zero-order valence-electron chi connectivity index (χ0n) is 19.1. The van der Waals surface area contributed by atoms with Crippen LogP contribution >= 0.6 is 23.5 Å². The number of nitrogens with one attached hydrogen (secondary N) is 1. The minimum absolute atomic E-state index is 0.0152. The molecule has 2 unspecified atom stereocenters. The fourth-order valence-corrected chi connectivity index (χ4v) is 5.98. The molecule has 2 atom stereocenters. The van der Waals surface area contributed by atoms with Crippen LogP contribution in [0.1, 0.15) is 57.9 Å². The molecule has 0 amide bonds. The third kappa shape index (κ3) is 6.42. The molecular formula is C25H31BrN3O3P. The summed E-state index contributed by atoms with van der Waals surface area (Å²) in [5, 5.41) is 4.67. The molecule has 6 nitrogen and oxygen atoms in total. The molecule has 1 aliphatic rings. The topological polar surface area (TPSA) is 84.3 Å². The van der Waals surface area contributed by atoms with Crippen molar-refractivity contribution >= 4 is 40.2 Å². The molecule has 2 aromatic carbocycles. The van der Waals surface area contributed by atoms with Crippen LogP contribution in [0.4, 0.5) is 5.82 Å². The number of aromatic nitrogens is 2. The average molecular weight is 532 g/mol. The summed E-state index contributed by atoms with van der Waals surface area (Å²) in [6.07, 6.45) is 6.53. The maximum Gasteiger partial charge on any atom is 0.332 e. The maximum absolute atomic E-state index is 12.4. The van der Waals surface area contributed by atoms with Crippen molar-refractivity contribution in [2.75, 3.05) is 5.32 Å². The molecule has 1 fully saturated rings. The standard InChI is InChI=1S/C25H31BrN3O3P/c1-3-17(2)32-33(30,31)16-18-9-11-19(12-10-18)24-28-23-14-13-20(26)15-22(23)25(29-24)27-21-7-5-4-6-8-21/h9-15,17,21H,3-8,16H2,1-2H3,(H,30,31)(H,27,28,29). The van der Waals surface area contributed by atoms with Crippen LogP contribution in [0.2, 0.25) is 0 Å². The lowest BCUT2D eigenvalue weighted by Crippen LogP contribution is -2.23. The summed E-state index contributed by atoms with van der Waals surface area (Å²) in [4.78, 5) is 19.9. The van der Waals surface area contributed by atoms with E-state index < -0.39 is 7.60 Å². The van der Waals surface area contributed by atoms with Crippen molar-refractivity contribution in [3.05, 3.63) is 52.5 Å². The molecule has 0 radical (unpaired) electrons. The lowest BCUT2D eigenvalue weighted by molar-refractivity contribution is 0.185. The molecule has 0 aliphatic heterocycles. The van der Waals surface area contributed by atoms with Gasteiger partial charge in [0.2, 0.25) is 0 Å². The molecule has 0 saturated heterocycles. The van der Waals surface area contributed by atoms with E-state index in [2.05, 4.69) is 27.3 Å². The van der Waals surface area contributed by atoms with Crippen LogP contribution in [0.15, 0.2) is 46.9 Å². The van der Waals surface area contributed by atoms with E-state index in [0.717, 1.165) is 45.2 Å². The Hall–Kier alpha value is -1.79. The molecule has 176 valence electrons. The number of benzene rings is 2. The average Bonchev–Trinajstić information content (AvgIpc) is 2.80. The van der Waals surface area contributed by atoms with Crippen LogP contribution in [0.5, 0.6) is 0 Å². The van der Waals surface area contributed by atoms with Gasteiger partial charge in [-0.3, -0.25) is 4.57 Å². The van der Waals surface area contributed by atoms with Gasteiger partial charge in [0.1, 0.15) is 5.82 Å². The lowest BCUT2D eigenvalue weighted by Gasteiger charge is -2.24. The summed E-state index contributed by atoms with van der Waals surface area (Å²) in [7, 11) is -3.69. The van der Waals surface area contributed by atoms with Crippen molar-refractivity contribution in [3.8, 4) is 11.4 Å². The van der Waals surface area contributed by atoms with Crippen molar-refractivity contribution in [2.45, 2.75) is 70.7 Å². The van der Waals surface area contributed by atoms with Gasteiger partial charge in [-0.1, -0.05) is 66.4 Å². The van der Waals surface area contributed by atoms with E-state index >= 15 is 0 Å². The highest BCUT2D eigenvalue weighted by Gasteiger charge is 2.23. The minimum Gasteiger partial charge on any atom is -0.367 e. The van der Waals surface area contributed by atoms with Crippen molar-refractivity contribution < 1.29 is 14.0 Å². The predicted octanol–water partition coefficient (Wildman–Crippen LogP) is 7.30. The Bertz CT molecular complexity index is 1150. The highest BCUT2D eigenvalue weighted by molar-refractivity contribution is 9.10. The van der Waals surface area contributed by atoms with Gasteiger partial charge in [0, 0.05) is 21.5 Å². The van der Waals surface area contributed by atoms with Crippen molar-refractivity contribution in [3.63, 3.8) is 0 Å². The summed E-state index contributed by atoms with van der Waals surface area (Å²) in [5.41, 5.74) is 2.50. The molecular weight excluding hydrogens is 501 g/mol. The number of fused-ring (bicyclic) bond motifs is 1. The highest BCUT2D eigenvalue weighted by Crippen LogP contribution is 2.47. The monoisotopic (exact) mass is 531 g/mol. The van der Waals surface area contributed by atoms with Crippen molar-refractivity contribution in [2.24, 2.45) is 0 Å². The van der Waals surface area contributed by atoms with Crippen LogP contribution in [-0.4, -0.2) is 27.0 Å². The first-order valence-corrected chi connectivity index (χ1v) is 14.2. The van der Waals surface area contributed by atoms with Crippen LogP contribution in [-0.2, 0) is 15.3 Å². The molecule has 0 spiro atoms. The Balaban J connectivity index is 1.61. The third-order valence-corrected chi connectivity index (χ3v) is 8.07. The van der Waals surface area contributed by atoms with Gasteiger partial charge in [0.05, 0.1) is 17.8 Å². The van der Waals surface area contributed by atoms with Crippen LogP contribution in [0, 0.1) is 0 Å². The summed E-state index contributed by atoms with van der Waals surface area (Å²) >= 11 is 3.57. The Kier molecular flexibility index (Phi) is 7.85. The molecule has 1 heterocycles. The summed E-state index contributed by atoms with van der Waals surface area (Å²) < 4.78 is 18.7. The second-order valence-electron chi connectivity index (χ2n) is 8.85. The molecule has 0 bridgehead atoms. The van der Waals surface area contributed by atoms with Crippen molar-refractivity contribution in [1.82, 2.24) is 9.97 Å². The van der Waals surface area contributed by atoms with Gasteiger partial charge < -0.3 is 14.7 Å². The quantitative estimate of drug-likeness (QED) is 0.296. The summed E-state index contributed by atoms with van der Waals surface area (Å²) in [6, 6.07) is 14.0. The SMILES string of the molecule is CCC(C)OP(=O)(O)Cc1ccc(-c2nc(NC3CCCCC3)c3cc(Br)ccc3n2)cc1. The van der Waals surface area contributed by atoms with E-state index in [4.69, 9.17) is 14.5 Å². The zero-order chi connectivity index (χ0) is 23.4. The van der Waals surface area contributed by atoms with E-state index in [1.54, 1.807) is 6.92 Å². The minimum atomic E-state index is -3.69. The first kappa shape index (κ1) is 24.3. The second kappa shape index (κ2) is 10.6. The summed E-state index contributed by atoms with van der Waals surface area (Å²) in [6.45, 7) is 3.74. The zero-order valence-corrected chi connectivity index (χ0v) is 21.6. The fraction of sp³-hybridized carbons (Fsp3) is 0.440. The normalized spacial score (nSPS) is 17.6. The van der Waals surface area contributed by atoms with Crippen LogP contribution < -0.4 is 5.32 Å². The van der Waals surface area contributed by atoms with Gasteiger partial charge >= 0.3 is 7.60 Å². The van der Waals surface area contributed by atoms with Gasteiger partial charge in [0.25, 0.3) is 0 Å². The summed E-state index contributed by atoms with van der Waals surface area (Å²) in [5.74, 6) is 1.49. The number of rotatable bonds is 8. The number of anilines is 1. The van der Waals surface area contributed by atoms with E-state index in [9.17, 15) is 9.46 Å².